The summed E-state index contributed by atoms with van der Waals surface area (Å²) in [5.74, 6) is -0.845. The SMILES string of the molecule is CCN(CC)c1ccc(/C=C/C2=[N+](C)c3ccc(Cl)cc3C2(C)CC)c(OC(=O)OC(C)(C)C)c1.O=C1C=CC(=NN=c2[n-]cc([N+](=O)[O-])s2)C(O)=C1.O=C1C=CC(=NN=c2[n-]cc([N+](=O)[O-])s2)C(O)=C1.[Co]. The summed E-state index contributed by atoms with van der Waals surface area (Å²) in [5.41, 5.74) is 4.70. The van der Waals surface area contributed by atoms with Gasteiger partial charge in [0.2, 0.25) is 5.69 Å². The molecule has 2 aliphatic carbocycles. The molecule has 2 aromatic carbocycles. The molecule has 21 nitrogen and oxygen atoms in total. The Kier molecular flexibility index (Phi) is 20.0. The van der Waals surface area contributed by atoms with Gasteiger partial charge in [-0.1, -0.05) is 41.2 Å². The average Bonchev–Trinajstić information content (AvgIpc) is 4.04. The van der Waals surface area contributed by atoms with Gasteiger partial charge in [-0.3, -0.25) is 40.0 Å². The van der Waals surface area contributed by atoms with E-state index in [0.717, 1.165) is 94.4 Å². The van der Waals surface area contributed by atoms with Gasteiger partial charge in [0.05, 0.1) is 15.3 Å². The molecule has 0 amide bonds. The summed E-state index contributed by atoms with van der Waals surface area (Å²) in [5, 5.41) is 54.6. The van der Waals surface area contributed by atoms with Gasteiger partial charge in [-0.2, -0.15) is 4.58 Å². The smallest absolute Gasteiger partial charge is 0.506 e. The number of halogens is 1. The largest absolute Gasteiger partial charge is 0.514 e. The van der Waals surface area contributed by atoms with Crippen molar-refractivity contribution in [3.05, 3.63) is 149 Å². The number of benzene rings is 2. The zero-order valence-corrected chi connectivity index (χ0v) is 43.4. The molecule has 0 bridgehead atoms. The predicted molar refractivity (Wildman–Crippen MR) is 270 cm³/mol. The first-order chi connectivity index (χ1) is 33.5. The summed E-state index contributed by atoms with van der Waals surface area (Å²) in [7, 11) is 2.08. The second-order valence-corrected chi connectivity index (χ2v) is 18.7. The van der Waals surface area contributed by atoms with Crippen molar-refractivity contribution in [2.75, 3.05) is 25.0 Å². The Morgan fingerprint density at radius 3 is 1.82 bits per heavy atom. The van der Waals surface area contributed by atoms with E-state index in [9.17, 15) is 44.8 Å². The molecule has 2 N–H and O–H groups in total. The van der Waals surface area contributed by atoms with Crippen LogP contribution < -0.4 is 29.2 Å². The zero-order chi connectivity index (χ0) is 52.2. The average molecular weight is 1090 g/mol. The molecule has 72 heavy (non-hydrogen) atoms. The van der Waals surface area contributed by atoms with Gasteiger partial charge >= 0.3 is 16.2 Å². The standard InChI is InChI=1S/C29H38ClN2O3.2C9H6N4O4S.Co/c1-9-29(7)23-18-21(30)14-16-24(23)31(8)26(29)17-13-20-12-15-22(32(10-2)11-3)19-25(20)34-27(33)35-28(4,5)6;2*14-5-1-2-6(7(15)3-5)11-12-9-10-4-8(18-9)13(16)17;/h12-19H,9-11H2,1-8H3;2*1-4H,(H2,10,12,14,15);/q+1;;;/p-2. The number of allylic oxidation sites excluding steroid dienone is 7. The van der Waals surface area contributed by atoms with Gasteiger partial charge in [0.25, 0.3) is 0 Å². The number of nitro groups is 2. The van der Waals surface area contributed by atoms with E-state index in [2.05, 4.69) is 98.9 Å². The number of ether oxygens (including phenoxy) is 2. The van der Waals surface area contributed by atoms with Crippen LogP contribution in [-0.2, 0) is 36.5 Å². The summed E-state index contributed by atoms with van der Waals surface area (Å²) in [6, 6.07) is 12.0. The van der Waals surface area contributed by atoms with Crippen molar-refractivity contribution in [1.29, 1.82) is 0 Å². The van der Waals surface area contributed by atoms with E-state index in [1.807, 2.05) is 45.0 Å². The molecule has 1 radical (unpaired) electrons. The normalized spacial score (nSPS) is 17.7. The fourth-order valence-electron chi connectivity index (χ4n) is 6.76. The van der Waals surface area contributed by atoms with Crippen molar-refractivity contribution >= 4 is 96.6 Å². The molecule has 0 saturated carbocycles. The minimum absolute atomic E-state index is 0. The fraction of sp³-hybridized carbons (Fsp3) is 0.277. The van der Waals surface area contributed by atoms with Gasteiger partial charge in [-0.15, -0.1) is 0 Å². The minimum atomic E-state index is -0.713. The zero-order valence-electron chi connectivity index (χ0n) is 39.9. The number of thiazole rings is 2. The van der Waals surface area contributed by atoms with E-state index in [1.165, 1.54) is 29.9 Å². The molecule has 0 fully saturated rings. The van der Waals surface area contributed by atoms with Gasteiger partial charge in [-0.05, 0) is 103 Å². The number of fused-ring (bicyclic) bond motifs is 1. The number of hydrogen-bond donors (Lipinski definition) is 2. The minimum Gasteiger partial charge on any atom is -0.506 e. The Hall–Kier alpha value is -7.38. The van der Waals surface area contributed by atoms with E-state index >= 15 is 0 Å². The summed E-state index contributed by atoms with van der Waals surface area (Å²) in [4.78, 5) is 63.7. The van der Waals surface area contributed by atoms with Crippen LogP contribution in [0.4, 0.5) is 26.2 Å². The monoisotopic (exact) mass is 1090 g/mol. The van der Waals surface area contributed by atoms with Crippen molar-refractivity contribution < 1.29 is 65.3 Å². The van der Waals surface area contributed by atoms with Crippen LogP contribution in [0.25, 0.3) is 6.08 Å². The number of anilines is 1. The Morgan fingerprint density at radius 2 is 1.38 bits per heavy atom. The molecular formula is C47H48ClCoN10O11S2-. The van der Waals surface area contributed by atoms with Crippen LogP contribution >= 0.6 is 34.3 Å². The second kappa shape index (κ2) is 25.1. The van der Waals surface area contributed by atoms with Gasteiger partial charge < -0.3 is 44.8 Å². The summed E-state index contributed by atoms with van der Waals surface area (Å²) < 4.78 is 13.4. The maximum absolute atomic E-state index is 12.5. The van der Waals surface area contributed by atoms with Crippen molar-refractivity contribution in [1.82, 2.24) is 9.97 Å². The Morgan fingerprint density at radius 1 is 0.847 bits per heavy atom. The maximum atomic E-state index is 12.5. The quantitative estimate of drug-likeness (QED) is 0.0356. The molecule has 1 unspecified atom stereocenters. The van der Waals surface area contributed by atoms with E-state index in [4.69, 9.17) is 21.1 Å². The fourth-order valence-corrected chi connectivity index (χ4v) is 8.04. The van der Waals surface area contributed by atoms with Crippen molar-refractivity contribution in [3.63, 3.8) is 0 Å². The Bertz CT molecular complexity index is 3030. The van der Waals surface area contributed by atoms with Gasteiger partial charge in [-0.25, -0.2) is 4.79 Å². The van der Waals surface area contributed by atoms with Gasteiger partial charge in [0.1, 0.15) is 41.3 Å². The van der Waals surface area contributed by atoms with E-state index in [0.29, 0.717) is 5.75 Å². The maximum Gasteiger partial charge on any atom is 0.514 e. The van der Waals surface area contributed by atoms with Crippen molar-refractivity contribution in [2.24, 2.45) is 20.4 Å². The number of aliphatic hydroxyl groups excluding tert-OH is 2. The third-order valence-corrected chi connectivity index (χ3v) is 12.3. The second-order valence-electron chi connectivity index (χ2n) is 16.3. The molecular weight excluding hydrogens is 1040 g/mol. The first kappa shape index (κ1) is 57.2. The van der Waals surface area contributed by atoms with Crippen LogP contribution in [0.5, 0.6) is 5.75 Å². The molecule has 25 heteroatoms. The van der Waals surface area contributed by atoms with Crippen LogP contribution in [0.1, 0.15) is 66.0 Å². The Balaban J connectivity index is 0.000000256. The van der Waals surface area contributed by atoms with Gasteiger partial charge in [0, 0.05) is 104 Å². The third-order valence-electron chi connectivity index (χ3n) is 10.4. The van der Waals surface area contributed by atoms with Crippen LogP contribution in [0.15, 0.2) is 123 Å². The molecule has 4 aromatic rings. The van der Waals surface area contributed by atoms with Crippen molar-refractivity contribution in [3.8, 4) is 5.75 Å². The molecule has 3 aliphatic rings. The summed E-state index contributed by atoms with van der Waals surface area (Å²) in [6.45, 7) is 15.8. The van der Waals surface area contributed by atoms with Crippen LogP contribution in [0.2, 0.25) is 5.02 Å². The summed E-state index contributed by atoms with van der Waals surface area (Å²) >= 11 is 7.86. The first-order valence-corrected chi connectivity index (χ1v) is 23.5. The van der Waals surface area contributed by atoms with E-state index in [1.54, 1.807) is 0 Å². The topological polar surface area (TPSA) is 280 Å². The molecule has 0 spiro atoms. The molecule has 1 aliphatic heterocycles. The van der Waals surface area contributed by atoms with E-state index < -0.39 is 21.6 Å². The van der Waals surface area contributed by atoms with Crippen LogP contribution in [0, 0.1) is 20.2 Å². The van der Waals surface area contributed by atoms with Crippen LogP contribution in [-0.4, -0.2) is 85.2 Å². The van der Waals surface area contributed by atoms with E-state index in [-0.39, 0.29) is 76.3 Å². The molecule has 7 rings (SSSR count). The first-order valence-electron chi connectivity index (χ1n) is 21.5. The molecule has 3 heterocycles. The number of ketones is 2. The molecule has 381 valence electrons. The molecule has 0 saturated heterocycles. The number of rotatable bonds is 11. The third kappa shape index (κ3) is 15.1. The number of carbonyl (C=O) groups is 3. The number of carbonyl (C=O) groups excluding carboxylic acids is 3. The van der Waals surface area contributed by atoms with Gasteiger partial charge in [0.15, 0.2) is 17.3 Å². The predicted octanol–water partition coefficient (Wildman–Crippen LogP) is 8.51. The number of nitrogens with zero attached hydrogens (tertiary/aromatic N) is 10. The molecule has 1 atom stereocenters. The number of hydrogen-bond acceptors (Lipinski definition) is 18. The molecule has 2 aromatic heterocycles. The number of aromatic nitrogens is 2. The Labute approximate surface area is 435 Å². The summed E-state index contributed by atoms with van der Waals surface area (Å²) in [6.07, 6.45) is 13.5. The van der Waals surface area contributed by atoms with Crippen molar-refractivity contribution in [2.45, 2.75) is 65.9 Å². The van der Waals surface area contributed by atoms with Crippen LogP contribution in [0.3, 0.4) is 0 Å². The number of aliphatic hydroxyl groups is 2.